The summed E-state index contributed by atoms with van der Waals surface area (Å²) in [5, 5.41) is 4.20. The third kappa shape index (κ3) is 3.68. The van der Waals surface area contributed by atoms with Crippen molar-refractivity contribution in [1.82, 2.24) is 14.7 Å². The van der Waals surface area contributed by atoms with Crippen LogP contribution < -0.4 is 0 Å². The van der Waals surface area contributed by atoms with Gasteiger partial charge in [0.2, 0.25) is 0 Å². The van der Waals surface area contributed by atoms with Crippen LogP contribution in [0.4, 0.5) is 0 Å². The van der Waals surface area contributed by atoms with Gasteiger partial charge < -0.3 is 4.90 Å². The number of rotatable bonds is 4. The standard InChI is InChI=1S/C21H20ClN3O3S/c1-15-20(13-23-25(15)17-5-3-2-4-6-17)21(26)24-12-11-19(14-24)29(27,28)18-9-7-16(22)8-10-18/h2-10,13,19H,11-12,14H2,1H3/t19-/m1/s1. The second kappa shape index (κ2) is 7.65. The molecule has 29 heavy (non-hydrogen) atoms. The summed E-state index contributed by atoms with van der Waals surface area (Å²) in [6, 6.07) is 15.7. The van der Waals surface area contributed by atoms with E-state index in [9.17, 15) is 13.2 Å². The maximum Gasteiger partial charge on any atom is 0.257 e. The molecule has 1 fully saturated rings. The molecule has 1 amide bonds. The minimum atomic E-state index is -3.53. The summed E-state index contributed by atoms with van der Waals surface area (Å²) in [4.78, 5) is 14.9. The lowest BCUT2D eigenvalue weighted by molar-refractivity contribution is 0.0792. The highest BCUT2D eigenvalue weighted by molar-refractivity contribution is 7.92. The number of carbonyl (C=O) groups excluding carboxylic acids is 1. The highest BCUT2D eigenvalue weighted by atomic mass is 35.5. The van der Waals surface area contributed by atoms with E-state index in [-0.39, 0.29) is 17.3 Å². The maximum absolute atomic E-state index is 13.0. The number of para-hydroxylation sites is 1. The molecule has 1 atom stereocenters. The van der Waals surface area contributed by atoms with Gasteiger partial charge in [0.25, 0.3) is 5.91 Å². The number of carbonyl (C=O) groups is 1. The highest BCUT2D eigenvalue weighted by Crippen LogP contribution is 2.26. The van der Waals surface area contributed by atoms with Gasteiger partial charge in [-0.2, -0.15) is 5.10 Å². The normalized spacial score (nSPS) is 16.9. The van der Waals surface area contributed by atoms with Crippen molar-refractivity contribution in [3.05, 3.63) is 77.1 Å². The number of halogens is 1. The molecule has 2 aromatic carbocycles. The van der Waals surface area contributed by atoms with Crippen LogP contribution in [0.25, 0.3) is 5.69 Å². The molecule has 0 N–H and O–H groups in total. The van der Waals surface area contributed by atoms with E-state index in [1.165, 1.54) is 12.1 Å². The number of aromatic nitrogens is 2. The van der Waals surface area contributed by atoms with Gasteiger partial charge in [-0.25, -0.2) is 13.1 Å². The van der Waals surface area contributed by atoms with E-state index in [2.05, 4.69) is 5.10 Å². The summed E-state index contributed by atoms with van der Waals surface area (Å²) in [6.45, 7) is 2.40. The van der Waals surface area contributed by atoms with Gasteiger partial charge in [-0.1, -0.05) is 29.8 Å². The largest absolute Gasteiger partial charge is 0.337 e. The fraction of sp³-hybridized carbons (Fsp3) is 0.238. The summed E-state index contributed by atoms with van der Waals surface area (Å²) >= 11 is 5.86. The zero-order chi connectivity index (χ0) is 20.6. The second-order valence-electron chi connectivity index (χ2n) is 7.05. The number of amides is 1. The Bertz CT molecular complexity index is 1140. The number of sulfone groups is 1. The smallest absolute Gasteiger partial charge is 0.257 e. The Morgan fingerprint density at radius 3 is 2.48 bits per heavy atom. The molecule has 150 valence electrons. The van der Waals surface area contributed by atoms with Gasteiger partial charge in [0, 0.05) is 18.1 Å². The first-order valence-corrected chi connectivity index (χ1v) is 11.2. The maximum atomic E-state index is 13.0. The Morgan fingerprint density at radius 1 is 1.10 bits per heavy atom. The molecule has 0 saturated carbocycles. The monoisotopic (exact) mass is 429 g/mol. The zero-order valence-corrected chi connectivity index (χ0v) is 17.4. The Morgan fingerprint density at radius 2 is 1.79 bits per heavy atom. The van der Waals surface area contributed by atoms with E-state index < -0.39 is 15.1 Å². The van der Waals surface area contributed by atoms with E-state index in [4.69, 9.17) is 11.6 Å². The van der Waals surface area contributed by atoms with Gasteiger partial charge in [-0.05, 0) is 49.7 Å². The number of nitrogens with zero attached hydrogens (tertiary/aromatic N) is 3. The molecule has 3 aromatic rings. The van der Waals surface area contributed by atoms with Crippen LogP contribution in [0.5, 0.6) is 0 Å². The van der Waals surface area contributed by atoms with Crippen LogP contribution in [0, 0.1) is 6.92 Å². The average molecular weight is 430 g/mol. The minimum absolute atomic E-state index is 0.166. The molecule has 1 saturated heterocycles. The average Bonchev–Trinajstić information content (AvgIpc) is 3.36. The molecular weight excluding hydrogens is 410 g/mol. The quantitative estimate of drug-likeness (QED) is 0.636. The van der Waals surface area contributed by atoms with Crippen LogP contribution >= 0.6 is 11.6 Å². The Hall–Kier alpha value is -2.64. The van der Waals surface area contributed by atoms with E-state index >= 15 is 0 Å². The van der Waals surface area contributed by atoms with Gasteiger partial charge in [-0.15, -0.1) is 0 Å². The predicted molar refractivity (Wildman–Crippen MR) is 111 cm³/mol. The fourth-order valence-corrected chi connectivity index (χ4v) is 5.42. The highest BCUT2D eigenvalue weighted by Gasteiger charge is 2.37. The van der Waals surface area contributed by atoms with Crippen molar-refractivity contribution >= 4 is 27.3 Å². The SMILES string of the molecule is Cc1c(C(=O)N2CC[C@@H](S(=O)(=O)c3ccc(Cl)cc3)C2)cnn1-c1ccccc1. The molecule has 0 unspecified atom stereocenters. The summed E-state index contributed by atoms with van der Waals surface area (Å²) in [5.74, 6) is -0.196. The van der Waals surface area contributed by atoms with Gasteiger partial charge >= 0.3 is 0 Å². The first kappa shape index (κ1) is 19.7. The van der Waals surface area contributed by atoms with Gasteiger partial charge in [-0.3, -0.25) is 4.79 Å². The molecule has 6 nitrogen and oxygen atoms in total. The van der Waals surface area contributed by atoms with Gasteiger partial charge in [0.1, 0.15) is 0 Å². The third-order valence-corrected chi connectivity index (χ3v) is 7.70. The summed E-state index contributed by atoms with van der Waals surface area (Å²) in [6.07, 6.45) is 1.95. The van der Waals surface area contributed by atoms with Gasteiger partial charge in [0.05, 0.1) is 33.3 Å². The predicted octanol–water partition coefficient (Wildman–Crippen LogP) is 3.52. The lowest BCUT2D eigenvalue weighted by atomic mass is 10.2. The Balaban J connectivity index is 1.53. The van der Waals surface area contributed by atoms with Crippen molar-refractivity contribution in [3.8, 4) is 5.69 Å². The number of benzene rings is 2. The van der Waals surface area contributed by atoms with Crippen LogP contribution in [0.15, 0.2) is 65.7 Å². The molecule has 0 radical (unpaired) electrons. The zero-order valence-electron chi connectivity index (χ0n) is 15.8. The first-order valence-electron chi connectivity index (χ1n) is 9.26. The topological polar surface area (TPSA) is 72.3 Å². The van der Waals surface area contributed by atoms with Crippen LogP contribution in [0.2, 0.25) is 5.02 Å². The van der Waals surface area contributed by atoms with Crippen molar-refractivity contribution in [1.29, 1.82) is 0 Å². The molecule has 0 aliphatic carbocycles. The van der Waals surface area contributed by atoms with Crippen LogP contribution in [-0.2, 0) is 9.84 Å². The van der Waals surface area contributed by atoms with Crippen molar-refractivity contribution in [3.63, 3.8) is 0 Å². The molecule has 1 aliphatic rings. The molecule has 1 aromatic heterocycles. The molecule has 1 aliphatic heterocycles. The van der Waals surface area contributed by atoms with Crippen LogP contribution in [-0.4, -0.2) is 47.3 Å². The number of hydrogen-bond acceptors (Lipinski definition) is 4. The van der Waals surface area contributed by atoms with E-state index in [1.807, 2.05) is 37.3 Å². The van der Waals surface area contributed by atoms with E-state index in [0.717, 1.165) is 11.4 Å². The van der Waals surface area contributed by atoms with E-state index in [0.29, 0.717) is 23.6 Å². The molecule has 8 heteroatoms. The number of likely N-dealkylation sites (tertiary alicyclic amines) is 1. The lowest BCUT2D eigenvalue weighted by Crippen LogP contribution is -2.32. The van der Waals surface area contributed by atoms with Crippen molar-refractivity contribution in [2.75, 3.05) is 13.1 Å². The molecule has 0 bridgehead atoms. The van der Waals surface area contributed by atoms with Crippen molar-refractivity contribution in [2.24, 2.45) is 0 Å². The fourth-order valence-electron chi connectivity index (χ4n) is 3.60. The van der Waals surface area contributed by atoms with Gasteiger partial charge in [0.15, 0.2) is 9.84 Å². The molecule has 4 rings (SSSR count). The van der Waals surface area contributed by atoms with Crippen molar-refractivity contribution < 1.29 is 13.2 Å². The molecule has 0 spiro atoms. The Kier molecular flexibility index (Phi) is 5.19. The first-order chi connectivity index (χ1) is 13.9. The van der Waals surface area contributed by atoms with Crippen LogP contribution in [0.3, 0.4) is 0 Å². The molecule has 2 heterocycles. The van der Waals surface area contributed by atoms with E-state index in [1.54, 1.807) is 27.9 Å². The minimum Gasteiger partial charge on any atom is -0.337 e. The lowest BCUT2D eigenvalue weighted by Gasteiger charge is -2.17. The number of hydrogen-bond donors (Lipinski definition) is 0. The molecular formula is C21H20ClN3O3S. The Labute approximate surface area is 174 Å². The summed E-state index contributed by atoms with van der Waals surface area (Å²) < 4.78 is 27.5. The third-order valence-electron chi connectivity index (χ3n) is 5.25. The van der Waals surface area contributed by atoms with Crippen molar-refractivity contribution in [2.45, 2.75) is 23.5 Å². The van der Waals surface area contributed by atoms with Crippen LogP contribution in [0.1, 0.15) is 22.5 Å². The summed E-state index contributed by atoms with van der Waals surface area (Å²) in [7, 11) is -3.53. The summed E-state index contributed by atoms with van der Waals surface area (Å²) in [5.41, 5.74) is 2.08. The second-order valence-corrected chi connectivity index (χ2v) is 9.72.